The van der Waals surface area contributed by atoms with Crippen molar-refractivity contribution in [3.8, 4) is 0 Å². The van der Waals surface area contributed by atoms with Crippen LogP contribution in [-0.2, 0) is 0 Å². The first-order chi connectivity index (χ1) is 6.74. The number of nitrogens with zero attached hydrogens (tertiary/aromatic N) is 2. The van der Waals surface area contributed by atoms with Gasteiger partial charge in [0, 0.05) is 26.2 Å². The molecule has 14 heavy (non-hydrogen) atoms. The van der Waals surface area contributed by atoms with Crippen LogP contribution in [0.1, 0.15) is 19.8 Å². The molecule has 0 radical (unpaired) electrons. The number of carbonyl (C=O) groups excluding carboxylic acids is 1. The molecule has 1 saturated heterocycles. The van der Waals surface area contributed by atoms with E-state index < -0.39 is 0 Å². The van der Waals surface area contributed by atoms with E-state index in [-0.39, 0.29) is 6.03 Å². The van der Waals surface area contributed by atoms with Crippen LogP contribution in [-0.4, -0.2) is 55.6 Å². The molecule has 1 fully saturated rings. The number of amides is 2. The Bertz CT molecular complexity index is 178. The second kappa shape index (κ2) is 5.86. The van der Waals surface area contributed by atoms with Crippen molar-refractivity contribution in [3.05, 3.63) is 0 Å². The number of likely N-dealkylation sites (tertiary alicyclic amines) is 1. The highest BCUT2D eigenvalue weighted by Crippen LogP contribution is 2.06. The smallest absolute Gasteiger partial charge is 0.317 e. The molecule has 0 aliphatic carbocycles. The molecule has 0 atom stereocenters. The number of urea groups is 1. The summed E-state index contributed by atoms with van der Waals surface area (Å²) in [6.45, 7) is 6.67. The summed E-state index contributed by atoms with van der Waals surface area (Å²) in [4.78, 5) is 15.6. The van der Waals surface area contributed by atoms with Crippen LogP contribution in [0, 0.1) is 0 Å². The number of hydrogen-bond acceptors (Lipinski definition) is 2. The van der Waals surface area contributed by atoms with Crippen LogP contribution in [0.15, 0.2) is 0 Å². The summed E-state index contributed by atoms with van der Waals surface area (Å²) in [5, 5.41) is 2.94. The lowest BCUT2D eigenvalue weighted by atomic mass is 10.4. The molecule has 82 valence electrons. The van der Waals surface area contributed by atoms with Gasteiger partial charge in [0.1, 0.15) is 0 Å². The molecule has 1 N–H and O–H groups in total. The minimum absolute atomic E-state index is 0.104. The summed E-state index contributed by atoms with van der Waals surface area (Å²) in [6, 6.07) is 0.104. The molecular formula is C10H21N3O. The van der Waals surface area contributed by atoms with E-state index in [4.69, 9.17) is 0 Å². The van der Waals surface area contributed by atoms with E-state index in [1.165, 1.54) is 0 Å². The Morgan fingerprint density at radius 2 is 2.07 bits per heavy atom. The van der Waals surface area contributed by atoms with Crippen LogP contribution in [0.5, 0.6) is 0 Å². The molecule has 0 bridgehead atoms. The Balaban J connectivity index is 2.08. The van der Waals surface area contributed by atoms with Crippen molar-refractivity contribution in [1.29, 1.82) is 0 Å². The third-order valence-electron chi connectivity index (χ3n) is 2.70. The second-order valence-electron chi connectivity index (χ2n) is 3.82. The van der Waals surface area contributed by atoms with Gasteiger partial charge in [-0.1, -0.05) is 6.92 Å². The van der Waals surface area contributed by atoms with Gasteiger partial charge in [0.15, 0.2) is 0 Å². The van der Waals surface area contributed by atoms with Crippen LogP contribution in [0.25, 0.3) is 0 Å². The van der Waals surface area contributed by atoms with Crippen LogP contribution in [0.2, 0.25) is 0 Å². The van der Waals surface area contributed by atoms with Crippen molar-refractivity contribution in [1.82, 2.24) is 15.1 Å². The molecule has 1 heterocycles. The Morgan fingerprint density at radius 3 is 2.64 bits per heavy atom. The van der Waals surface area contributed by atoms with Gasteiger partial charge in [0.05, 0.1) is 0 Å². The zero-order chi connectivity index (χ0) is 10.4. The van der Waals surface area contributed by atoms with E-state index in [2.05, 4.69) is 24.2 Å². The molecule has 0 aromatic heterocycles. The first-order valence-electron chi connectivity index (χ1n) is 5.45. The molecule has 0 aromatic rings. The van der Waals surface area contributed by atoms with Crippen LogP contribution in [0.3, 0.4) is 0 Å². The summed E-state index contributed by atoms with van der Waals surface area (Å²) in [5.74, 6) is 0. The number of hydrogen-bond donors (Lipinski definition) is 1. The Labute approximate surface area is 86.2 Å². The molecule has 0 saturated carbocycles. The number of carbonyl (C=O) groups is 1. The summed E-state index contributed by atoms with van der Waals surface area (Å²) in [6.07, 6.45) is 2.31. The lowest BCUT2D eigenvalue weighted by molar-refractivity contribution is 0.207. The SMILES string of the molecule is CCN(C)CCNC(=O)N1CCCC1. The summed E-state index contributed by atoms with van der Waals surface area (Å²) in [7, 11) is 2.06. The Morgan fingerprint density at radius 1 is 1.43 bits per heavy atom. The maximum Gasteiger partial charge on any atom is 0.317 e. The van der Waals surface area contributed by atoms with Gasteiger partial charge < -0.3 is 15.1 Å². The van der Waals surface area contributed by atoms with Crippen molar-refractivity contribution in [3.63, 3.8) is 0 Å². The van der Waals surface area contributed by atoms with E-state index in [0.717, 1.165) is 45.6 Å². The van der Waals surface area contributed by atoms with Gasteiger partial charge in [-0.25, -0.2) is 4.79 Å². The summed E-state index contributed by atoms with van der Waals surface area (Å²) >= 11 is 0. The molecule has 1 aliphatic rings. The molecule has 1 rings (SSSR count). The fourth-order valence-electron chi connectivity index (χ4n) is 1.54. The molecule has 2 amide bonds. The van der Waals surface area contributed by atoms with Crippen molar-refractivity contribution in [2.24, 2.45) is 0 Å². The lowest BCUT2D eigenvalue weighted by Crippen LogP contribution is -2.41. The highest BCUT2D eigenvalue weighted by Gasteiger charge is 2.16. The minimum atomic E-state index is 0.104. The second-order valence-corrected chi connectivity index (χ2v) is 3.82. The van der Waals surface area contributed by atoms with E-state index in [1.807, 2.05) is 4.90 Å². The zero-order valence-electron chi connectivity index (χ0n) is 9.25. The van der Waals surface area contributed by atoms with E-state index in [1.54, 1.807) is 0 Å². The fraction of sp³-hybridized carbons (Fsp3) is 0.900. The first kappa shape index (κ1) is 11.3. The standard InChI is InChI=1S/C10H21N3O/c1-3-12(2)9-6-11-10(14)13-7-4-5-8-13/h3-9H2,1-2H3,(H,11,14). The summed E-state index contributed by atoms with van der Waals surface area (Å²) in [5.41, 5.74) is 0. The van der Waals surface area contributed by atoms with Crippen molar-refractivity contribution in [2.45, 2.75) is 19.8 Å². The molecule has 0 aromatic carbocycles. The van der Waals surface area contributed by atoms with E-state index >= 15 is 0 Å². The normalized spacial score (nSPS) is 16.4. The first-order valence-corrected chi connectivity index (χ1v) is 5.45. The van der Waals surface area contributed by atoms with Gasteiger partial charge in [0.2, 0.25) is 0 Å². The predicted molar refractivity (Wildman–Crippen MR) is 57.4 cm³/mol. The molecule has 0 spiro atoms. The quantitative estimate of drug-likeness (QED) is 0.725. The third kappa shape index (κ3) is 3.54. The van der Waals surface area contributed by atoms with Gasteiger partial charge in [-0.15, -0.1) is 0 Å². The predicted octanol–water partition coefficient (Wildman–Crippen LogP) is 0.744. The van der Waals surface area contributed by atoms with E-state index in [9.17, 15) is 4.79 Å². The average molecular weight is 199 g/mol. The Kier molecular flexibility index (Phi) is 4.73. The number of rotatable bonds is 4. The van der Waals surface area contributed by atoms with Crippen LogP contribution >= 0.6 is 0 Å². The van der Waals surface area contributed by atoms with Gasteiger partial charge in [0.25, 0.3) is 0 Å². The van der Waals surface area contributed by atoms with Crippen molar-refractivity contribution in [2.75, 3.05) is 39.8 Å². The molecule has 4 nitrogen and oxygen atoms in total. The zero-order valence-corrected chi connectivity index (χ0v) is 9.25. The third-order valence-corrected chi connectivity index (χ3v) is 2.70. The maximum atomic E-state index is 11.5. The van der Waals surface area contributed by atoms with Gasteiger partial charge in [-0.2, -0.15) is 0 Å². The molecular weight excluding hydrogens is 178 g/mol. The molecule has 1 aliphatic heterocycles. The van der Waals surface area contributed by atoms with Gasteiger partial charge in [-0.05, 0) is 26.4 Å². The molecule has 4 heteroatoms. The summed E-state index contributed by atoms with van der Waals surface area (Å²) < 4.78 is 0. The van der Waals surface area contributed by atoms with Crippen molar-refractivity contribution < 1.29 is 4.79 Å². The Hall–Kier alpha value is -0.770. The minimum Gasteiger partial charge on any atom is -0.337 e. The molecule has 0 unspecified atom stereocenters. The van der Waals surface area contributed by atoms with Gasteiger partial charge in [-0.3, -0.25) is 0 Å². The van der Waals surface area contributed by atoms with Crippen LogP contribution < -0.4 is 5.32 Å². The van der Waals surface area contributed by atoms with Gasteiger partial charge >= 0.3 is 6.03 Å². The maximum absolute atomic E-state index is 11.5. The number of nitrogens with one attached hydrogen (secondary N) is 1. The number of likely N-dealkylation sites (N-methyl/N-ethyl adjacent to an activating group) is 1. The van der Waals surface area contributed by atoms with Crippen molar-refractivity contribution >= 4 is 6.03 Å². The average Bonchev–Trinajstić information content (AvgIpc) is 2.70. The largest absolute Gasteiger partial charge is 0.337 e. The fourth-order valence-corrected chi connectivity index (χ4v) is 1.54. The lowest BCUT2D eigenvalue weighted by Gasteiger charge is -2.18. The highest BCUT2D eigenvalue weighted by atomic mass is 16.2. The topological polar surface area (TPSA) is 35.6 Å². The van der Waals surface area contributed by atoms with E-state index in [0.29, 0.717) is 0 Å². The highest BCUT2D eigenvalue weighted by molar-refractivity contribution is 5.74. The monoisotopic (exact) mass is 199 g/mol. The van der Waals surface area contributed by atoms with Crippen LogP contribution in [0.4, 0.5) is 4.79 Å².